The molecule has 0 radical (unpaired) electrons. The summed E-state index contributed by atoms with van der Waals surface area (Å²) in [6.07, 6.45) is 2.69. The zero-order chi connectivity index (χ0) is 13.4. The molecule has 2 atom stereocenters. The fourth-order valence-electron chi connectivity index (χ4n) is 2.02. The SMILES string of the molecule is CCCC(N)C(=O)NCC(CC)c1ccccc1.Cl. The molecule has 0 heterocycles. The Bertz CT molecular complexity index is 356. The smallest absolute Gasteiger partial charge is 0.236 e. The number of benzene rings is 1. The lowest BCUT2D eigenvalue weighted by Gasteiger charge is -2.18. The van der Waals surface area contributed by atoms with Gasteiger partial charge in [-0.05, 0) is 18.4 Å². The van der Waals surface area contributed by atoms with E-state index in [9.17, 15) is 4.79 Å². The second kappa shape index (κ2) is 9.82. The lowest BCUT2D eigenvalue weighted by molar-refractivity contribution is -0.122. The molecule has 4 heteroatoms. The number of halogens is 1. The van der Waals surface area contributed by atoms with E-state index in [1.54, 1.807) is 0 Å². The molecule has 1 aromatic rings. The van der Waals surface area contributed by atoms with Crippen LogP contribution < -0.4 is 11.1 Å². The van der Waals surface area contributed by atoms with Crippen LogP contribution in [0.15, 0.2) is 30.3 Å². The Kier molecular flexibility index (Phi) is 9.27. The Morgan fingerprint density at radius 1 is 1.26 bits per heavy atom. The van der Waals surface area contributed by atoms with Crippen LogP contribution in [0.1, 0.15) is 44.6 Å². The fourth-order valence-corrected chi connectivity index (χ4v) is 2.02. The Balaban J connectivity index is 0.00000324. The summed E-state index contributed by atoms with van der Waals surface area (Å²) in [5, 5.41) is 2.95. The summed E-state index contributed by atoms with van der Waals surface area (Å²) in [6.45, 7) is 4.83. The second-order valence-corrected chi connectivity index (χ2v) is 4.66. The Morgan fingerprint density at radius 3 is 2.42 bits per heavy atom. The number of hydrogen-bond donors (Lipinski definition) is 2. The van der Waals surface area contributed by atoms with E-state index in [1.165, 1.54) is 5.56 Å². The first kappa shape index (κ1) is 17.9. The van der Waals surface area contributed by atoms with Crippen molar-refractivity contribution in [3.8, 4) is 0 Å². The second-order valence-electron chi connectivity index (χ2n) is 4.66. The maximum Gasteiger partial charge on any atom is 0.236 e. The molecular formula is C15H25ClN2O. The Hall–Kier alpha value is -1.06. The van der Waals surface area contributed by atoms with Gasteiger partial charge in [0.25, 0.3) is 0 Å². The first-order valence-electron chi connectivity index (χ1n) is 6.77. The van der Waals surface area contributed by atoms with E-state index in [2.05, 4.69) is 24.4 Å². The molecule has 1 rings (SSSR count). The number of rotatable bonds is 7. The van der Waals surface area contributed by atoms with E-state index in [0.717, 1.165) is 19.3 Å². The summed E-state index contributed by atoms with van der Waals surface area (Å²) in [7, 11) is 0. The molecule has 0 saturated heterocycles. The molecule has 0 aliphatic heterocycles. The van der Waals surface area contributed by atoms with Crippen molar-refractivity contribution in [2.24, 2.45) is 5.73 Å². The number of carbonyl (C=O) groups excluding carboxylic acids is 1. The van der Waals surface area contributed by atoms with Crippen molar-refractivity contribution < 1.29 is 4.79 Å². The summed E-state index contributed by atoms with van der Waals surface area (Å²) < 4.78 is 0. The van der Waals surface area contributed by atoms with Crippen molar-refractivity contribution in [2.75, 3.05) is 6.54 Å². The van der Waals surface area contributed by atoms with Gasteiger partial charge in [0.1, 0.15) is 0 Å². The van der Waals surface area contributed by atoms with Gasteiger partial charge in [-0.25, -0.2) is 0 Å². The summed E-state index contributed by atoms with van der Waals surface area (Å²) in [6, 6.07) is 9.90. The van der Waals surface area contributed by atoms with Crippen LogP contribution >= 0.6 is 12.4 Å². The van der Waals surface area contributed by atoms with E-state index >= 15 is 0 Å². The van der Waals surface area contributed by atoms with Gasteiger partial charge in [-0.3, -0.25) is 4.79 Å². The van der Waals surface area contributed by atoms with Gasteiger partial charge in [0.2, 0.25) is 5.91 Å². The number of nitrogens with one attached hydrogen (secondary N) is 1. The number of hydrogen-bond acceptors (Lipinski definition) is 2. The minimum absolute atomic E-state index is 0. The van der Waals surface area contributed by atoms with E-state index in [-0.39, 0.29) is 24.4 Å². The van der Waals surface area contributed by atoms with Crippen LogP contribution in [0.25, 0.3) is 0 Å². The third-order valence-corrected chi connectivity index (χ3v) is 3.22. The molecule has 108 valence electrons. The van der Waals surface area contributed by atoms with Gasteiger partial charge >= 0.3 is 0 Å². The molecule has 3 N–H and O–H groups in total. The van der Waals surface area contributed by atoms with Gasteiger partial charge in [0.15, 0.2) is 0 Å². The lowest BCUT2D eigenvalue weighted by atomic mass is 9.96. The first-order chi connectivity index (χ1) is 8.69. The van der Waals surface area contributed by atoms with Crippen molar-refractivity contribution in [3.05, 3.63) is 35.9 Å². The van der Waals surface area contributed by atoms with E-state index < -0.39 is 0 Å². The fraction of sp³-hybridized carbons (Fsp3) is 0.533. The summed E-state index contributed by atoms with van der Waals surface area (Å²) in [5.74, 6) is 0.329. The predicted octanol–water partition coefficient (Wildman–Crippen LogP) is 2.85. The average molecular weight is 285 g/mol. The van der Waals surface area contributed by atoms with E-state index in [0.29, 0.717) is 12.5 Å². The highest BCUT2D eigenvalue weighted by Gasteiger charge is 2.14. The third-order valence-electron chi connectivity index (χ3n) is 3.22. The molecule has 19 heavy (non-hydrogen) atoms. The topological polar surface area (TPSA) is 55.1 Å². The Labute approximate surface area is 122 Å². The van der Waals surface area contributed by atoms with Crippen LogP contribution in [-0.4, -0.2) is 18.5 Å². The molecule has 0 aliphatic carbocycles. The van der Waals surface area contributed by atoms with Crippen molar-refractivity contribution in [1.29, 1.82) is 0 Å². The van der Waals surface area contributed by atoms with Crippen LogP contribution in [0.2, 0.25) is 0 Å². The van der Waals surface area contributed by atoms with Crippen LogP contribution in [0, 0.1) is 0 Å². The average Bonchev–Trinajstić information content (AvgIpc) is 2.40. The molecular weight excluding hydrogens is 260 g/mol. The standard InChI is InChI=1S/C15H24N2O.ClH/c1-3-8-14(16)15(18)17-11-12(4-2)13-9-6-5-7-10-13;/h5-7,9-10,12,14H,3-4,8,11,16H2,1-2H3,(H,17,18);1H. The van der Waals surface area contributed by atoms with Gasteiger partial charge in [0.05, 0.1) is 6.04 Å². The minimum Gasteiger partial charge on any atom is -0.354 e. The normalized spacial score (nSPS) is 13.2. The number of amides is 1. The highest BCUT2D eigenvalue weighted by Crippen LogP contribution is 2.17. The van der Waals surface area contributed by atoms with Gasteiger partial charge in [-0.1, -0.05) is 50.6 Å². The molecule has 0 saturated carbocycles. The first-order valence-corrected chi connectivity index (χ1v) is 6.77. The molecule has 0 aliphatic rings. The number of carbonyl (C=O) groups is 1. The zero-order valence-corrected chi connectivity index (χ0v) is 12.6. The molecule has 2 unspecified atom stereocenters. The van der Waals surface area contributed by atoms with Crippen LogP contribution in [0.4, 0.5) is 0 Å². The molecule has 0 bridgehead atoms. The maximum atomic E-state index is 11.7. The lowest BCUT2D eigenvalue weighted by Crippen LogP contribution is -2.41. The minimum atomic E-state index is -0.372. The van der Waals surface area contributed by atoms with E-state index in [1.807, 2.05) is 25.1 Å². The highest BCUT2D eigenvalue weighted by molar-refractivity contribution is 5.85. The van der Waals surface area contributed by atoms with Crippen molar-refractivity contribution >= 4 is 18.3 Å². The number of nitrogens with two attached hydrogens (primary N) is 1. The van der Waals surface area contributed by atoms with Crippen molar-refractivity contribution in [3.63, 3.8) is 0 Å². The Morgan fingerprint density at radius 2 is 1.89 bits per heavy atom. The summed E-state index contributed by atoms with van der Waals surface area (Å²) >= 11 is 0. The van der Waals surface area contributed by atoms with Crippen LogP contribution in [0.3, 0.4) is 0 Å². The molecule has 0 spiro atoms. The van der Waals surface area contributed by atoms with Gasteiger partial charge in [-0.2, -0.15) is 0 Å². The summed E-state index contributed by atoms with van der Waals surface area (Å²) in [5.41, 5.74) is 7.05. The molecule has 0 aromatic heterocycles. The zero-order valence-electron chi connectivity index (χ0n) is 11.8. The molecule has 3 nitrogen and oxygen atoms in total. The van der Waals surface area contributed by atoms with Crippen LogP contribution in [0.5, 0.6) is 0 Å². The van der Waals surface area contributed by atoms with Crippen LogP contribution in [-0.2, 0) is 4.79 Å². The van der Waals surface area contributed by atoms with E-state index in [4.69, 9.17) is 5.73 Å². The quantitative estimate of drug-likeness (QED) is 0.809. The summed E-state index contributed by atoms with van der Waals surface area (Å²) in [4.78, 5) is 11.7. The largest absolute Gasteiger partial charge is 0.354 e. The molecule has 1 aromatic carbocycles. The molecule has 0 fully saturated rings. The van der Waals surface area contributed by atoms with Crippen molar-refractivity contribution in [2.45, 2.75) is 45.1 Å². The predicted molar refractivity (Wildman–Crippen MR) is 82.6 cm³/mol. The van der Waals surface area contributed by atoms with Gasteiger partial charge in [0, 0.05) is 12.5 Å². The highest BCUT2D eigenvalue weighted by atomic mass is 35.5. The third kappa shape index (κ3) is 6.08. The van der Waals surface area contributed by atoms with Gasteiger partial charge in [-0.15, -0.1) is 12.4 Å². The molecule has 1 amide bonds. The van der Waals surface area contributed by atoms with Crippen molar-refractivity contribution in [1.82, 2.24) is 5.32 Å². The monoisotopic (exact) mass is 284 g/mol. The van der Waals surface area contributed by atoms with Gasteiger partial charge < -0.3 is 11.1 Å². The maximum absolute atomic E-state index is 11.7.